The van der Waals surface area contributed by atoms with Crippen molar-refractivity contribution >= 4 is 5.69 Å². The Morgan fingerprint density at radius 3 is 1.79 bits per heavy atom. The second-order valence-corrected chi connectivity index (χ2v) is 9.16. The Balaban J connectivity index is 2.08. The number of allylic oxidation sites excluding steroid dienone is 4. The number of hydrogen-bond acceptors (Lipinski definition) is 1. The third-order valence-electron chi connectivity index (χ3n) is 6.67. The summed E-state index contributed by atoms with van der Waals surface area (Å²) in [6.45, 7) is 20.3. The van der Waals surface area contributed by atoms with Gasteiger partial charge in [0.05, 0.1) is 5.54 Å². The van der Waals surface area contributed by atoms with E-state index >= 15 is 0 Å². The molecule has 0 radical (unpaired) electrons. The number of nitrogens with one attached hydrogen (secondary N) is 1. The third kappa shape index (κ3) is 3.43. The Hall–Kier alpha value is -2.28. The van der Waals surface area contributed by atoms with E-state index in [1.807, 2.05) is 0 Å². The summed E-state index contributed by atoms with van der Waals surface area (Å²) in [5.41, 5.74) is 13.7. The normalized spacial score (nSPS) is 15.6. The van der Waals surface area contributed by atoms with E-state index in [9.17, 15) is 0 Å². The fourth-order valence-electron chi connectivity index (χ4n) is 4.89. The molecule has 1 nitrogen and oxygen atoms in total. The second-order valence-electron chi connectivity index (χ2n) is 9.16. The van der Waals surface area contributed by atoms with Gasteiger partial charge in [0, 0.05) is 11.6 Å². The van der Waals surface area contributed by atoms with Crippen LogP contribution in [0.3, 0.4) is 0 Å². The van der Waals surface area contributed by atoms with E-state index in [0.29, 0.717) is 5.92 Å². The summed E-state index contributed by atoms with van der Waals surface area (Å²) in [5.74, 6) is 0.387. The summed E-state index contributed by atoms with van der Waals surface area (Å²) in [5, 5.41) is 3.88. The van der Waals surface area contributed by atoms with Crippen molar-refractivity contribution in [2.24, 2.45) is 0 Å². The quantitative estimate of drug-likeness (QED) is 0.578. The van der Waals surface area contributed by atoms with Crippen LogP contribution in [-0.2, 0) is 5.54 Å². The van der Waals surface area contributed by atoms with Gasteiger partial charge in [-0.3, -0.25) is 0 Å². The lowest BCUT2D eigenvalue weighted by Gasteiger charge is -2.34. The van der Waals surface area contributed by atoms with Crippen LogP contribution >= 0.6 is 0 Å². The lowest BCUT2D eigenvalue weighted by molar-refractivity contribution is 0.597. The fraction of sp³-hybridized carbons (Fsp3) is 0.407. The van der Waals surface area contributed by atoms with Gasteiger partial charge in [0.15, 0.2) is 0 Å². The largest absolute Gasteiger partial charge is 0.376 e. The van der Waals surface area contributed by atoms with Crippen LogP contribution in [0.2, 0.25) is 0 Å². The zero-order valence-corrected chi connectivity index (χ0v) is 19.0. The molecule has 0 atom stereocenters. The highest BCUT2D eigenvalue weighted by molar-refractivity contribution is 5.62. The zero-order valence-electron chi connectivity index (χ0n) is 19.0. The molecule has 148 valence electrons. The molecule has 0 fully saturated rings. The van der Waals surface area contributed by atoms with E-state index in [0.717, 1.165) is 0 Å². The molecule has 2 aromatic rings. The molecule has 0 aliphatic heterocycles. The predicted octanol–water partition coefficient (Wildman–Crippen LogP) is 7.73. The predicted molar refractivity (Wildman–Crippen MR) is 123 cm³/mol. The molecule has 0 unspecified atom stereocenters. The lowest BCUT2D eigenvalue weighted by atomic mass is 9.80. The Bertz CT molecular complexity index is 938. The molecule has 28 heavy (non-hydrogen) atoms. The van der Waals surface area contributed by atoms with Crippen LogP contribution in [0.4, 0.5) is 5.69 Å². The summed E-state index contributed by atoms with van der Waals surface area (Å²) in [7, 11) is 0. The van der Waals surface area contributed by atoms with Gasteiger partial charge in [-0.15, -0.1) is 0 Å². The van der Waals surface area contributed by atoms with Gasteiger partial charge in [-0.05, 0) is 95.7 Å². The van der Waals surface area contributed by atoms with Crippen molar-refractivity contribution in [1.29, 1.82) is 0 Å². The number of aryl methyl sites for hydroxylation is 3. The fourth-order valence-corrected chi connectivity index (χ4v) is 4.89. The Labute approximate surface area is 171 Å². The number of rotatable bonds is 4. The third-order valence-corrected chi connectivity index (χ3v) is 6.67. The summed E-state index contributed by atoms with van der Waals surface area (Å²) in [6.07, 6.45) is 0. The molecule has 2 aromatic carbocycles. The van der Waals surface area contributed by atoms with Crippen LogP contribution in [0.25, 0.3) is 0 Å². The lowest BCUT2D eigenvalue weighted by Crippen LogP contribution is -2.30. The first kappa shape index (κ1) is 20.5. The van der Waals surface area contributed by atoms with Gasteiger partial charge < -0.3 is 5.32 Å². The molecule has 1 heteroatoms. The smallest absolute Gasteiger partial charge is 0.0572 e. The Morgan fingerprint density at radius 2 is 1.25 bits per heavy atom. The highest BCUT2D eigenvalue weighted by Gasteiger charge is 2.32. The van der Waals surface area contributed by atoms with Crippen LogP contribution in [0.15, 0.2) is 58.7 Å². The van der Waals surface area contributed by atoms with Crippen molar-refractivity contribution in [3.05, 3.63) is 86.5 Å². The van der Waals surface area contributed by atoms with E-state index in [2.05, 4.69) is 104 Å². The van der Waals surface area contributed by atoms with Gasteiger partial charge in [0.25, 0.3) is 0 Å². The van der Waals surface area contributed by atoms with Crippen molar-refractivity contribution in [3.63, 3.8) is 0 Å². The maximum Gasteiger partial charge on any atom is 0.0572 e. The second kappa shape index (κ2) is 7.28. The minimum atomic E-state index is -0.174. The molecule has 1 aliphatic rings. The molecule has 0 amide bonds. The number of anilines is 1. The minimum Gasteiger partial charge on any atom is -0.376 e. The zero-order chi connectivity index (χ0) is 20.8. The van der Waals surface area contributed by atoms with Gasteiger partial charge in [-0.1, -0.05) is 53.1 Å². The molecule has 0 aromatic heterocycles. The van der Waals surface area contributed by atoms with Crippen molar-refractivity contribution in [2.45, 2.75) is 73.8 Å². The average Bonchev–Trinajstić information content (AvgIpc) is 2.81. The monoisotopic (exact) mass is 373 g/mol. The SMILES string of the molecule is CC1=C(C)C(c2ccccc2C(C)(C)Nc2c(C)cc(C)cc2C)C(C)=C1C. The molecule has 0 spiro atoms. The Morgan fingerprint density at radius 1 is 0.750 bits per heavy atom. The topological polar surface area (TPSA) is 12.0 Å². The van der Waals surface area contributed by atoms with Crippen LogP contribution in [-0.4, -0.2) is 0 Å². The summed E-state index contributed by atoms with van der Waals surface area (Å²) < 4.78 is 0. The molecular formula is C27H35N. The maximum atomic E-state index is 3.88. The molecule has 1 aliphatic carbocycles. The van der Waals surface area contributed by atoms with Gasteiger partial charge in [-0.2, -0.15) is 0 Å². The molecule has 1 N–H and O–H groups in total. The van der Waals surface area contributed by atoms with Crippen LogP contribution in [0.5, 0.6) is 0 Å². The van der Waals surface area contributed by atoms with Crippen LogP contribution in [0.1, 0.15) is 75.3 Å². The highest BCUT2D eigenvalue weighted by atomic mass is 15.0. The maximum absolute atomic E-state index is 3.88. The standard InChI is InChI=1S/C27H35N/c1-16-14-17(2)26(18(3)15-16)28-27(8,9)24-13-11-10-12-23(24)25-21(6)19(4)20(5)22(25)7/h10-15,25,28H,1-9H3. The number of benzene rings is 2. The minimum absolute atomic E-state index is 0.174. The summed E-state index contributed by atoms with van der Waals surface area (Å²) in [6, 6.07) is 13.5. The highest BCUT2D eigenvalue weighted by Crippen LogP contribution is 2.46. The average molecular weight is 374 g/mol. The number of hydrogen-bond donors (Lipinski definition) is 1. The van der Waals surface area contributed by atoms with E-state index in [1.165, 1.54) is 55.8 Å². The first-order valence-corrected chi connectivity index (χ1v) is 10.3. The molecule has 0 saturated heterocycles. The van der Waals surface area contributed by atoms with Crippen molar-refractivity contribution in [1.82, 2.24) is 0 Å². The van der Waals surface area contributed by atoms with Gasteiger partial charge >= 0.3 is 0 Å². The molecule has 0 heterocycles. The van der Waals surface area contributed by atoms with E-state index in [-0.39, 0.29) is 5.54 Å². The molecular weight excluding hydrogens is 338 g/mol. The van der Waals surface area contributed by atoms with Crippen molar-refractivity contribution in [2.75, 3.05) is 5.32 Å². The summed E-state index contributed by atoms with van der Waals surface area (Å²) >= 11 is 0. The van der Waals surface area contributed by atoms with Gasteiger partial charge in [-0.25, -0.2) is 0 Å². The molecule has 0 saturated carbocycles. The van der Waals surface area contributed by atoms with E-state index in [4.69, 9.17) is 0 Å². The van der Waals surface area contributed by atoms with Crippen LogP contribution in [0, 0.1) is 20.8 Å². The van der Waals surface area contributed by atoms with Gasteiger partial charge in [0.1, 0.15) is 0 Å². The Kier molecular flexibility index (Phi) is 5.32. The van der Waals surface area contributed by atoms with E-state index < -0.39 is 0 Å². The van der Waals surface area contributed by atoms with Gasteiger partial charge in [0.2, 0.25) is 0 Å². The molecule has 0 bridgehead atoms. The van der Waals surface area contributed by atoms with Crippen LogP contribution < -0.4 is 5.32 Å². The molecule has 3 rings (SSSR count). The summed E-state index contributed by atoms with van der Waals surface area (Å²) in [4.78, 5) is 0. The van der Waals surface area contributed by atoms with E-state index in [1.54, 1.807) is 0 Å². The first-order chi connectivity index (χ1) is 13.0. The van der Waals surface area contributed by atoms with Crippen molar-refractivity contribution in [3.8, 4) is 0 Å². The van der Waals surface area contributed by atoms with Crippen molar-refractivity contribution < 1.29 is 0 Å². The first-order valence-electron chi connectivity index (χ1n) is 10.3.